The molecule has 0 saturated heterocycles. The van der Waals surface area contributed by atoms with Crippen LogP contribution >= 0.6 is 0 Å². The molecule has 3 rings (SSSR count). The van der Waals surface area contributed by atoms with Crippen LogP contribution in [-0.2, 0) is 9.63 Å². The van der Waals surface area contributed by atoms with Gasteiger partial charge in [-0.2, -0.15) is 0 Å². The average molecular weight is 445 g/mol. The average Bonchev–Trinajstić information content (AvgIpc) is 2.82. The van der Waals surface area contributed by atoms with Crippen LogP contribution in [0, 0.1) is 0 Å². The molecule has 0 heterocycles. The molecule has 0 aliphatic heterocycles. The van der Waals surface area contributed by atoms with Crippen molar-refractivity contribution < 1.29 is 24.6 Å². The second-order valence-corrected chi connectivity index (χ2v) is 7.10. The zero-order valence-electron chi connectivity index (χ0n) is 18.2. The second-order valence-electron chi connectivity index (χ2n) is 7.10. The summed E-state index contributed by atoms with van der Waals surface area (Å²) in [5, 5.41) is 30.0. The van der Waals surface area contributed by atoms with E-state index in [0.717, 1.165) is 6.07 Å². The van der Waals surface area contributed by atoms with Crippen molar-refractivity contribution in [1.29, 1.82) is 0 Å². The van der Waals surface area contributed by atoms with Crippen LogP contribution in [0.1, 0.15) is 29.8 Å². The van der Waals surface area contributed by atoms with Crippen molar-refractivity contribution >= 4 is 28.8 Å². The molecule has 0 spiro atoms. The summed E-state index contributed by atoms with van der Waals surface area (Å²) in [4.78, 5) is 30.1. The minimum Gasteiger partial charge on any atom is -0.507 e. The number of aromatic hydroxyl groups is 2. The number of carbonyl (C=O) groups is 2. The van der Waals surface area contributed by atoms with E-state index in [-0.39, 0.29) is 28.3 Å². The number of benzene rings is 3. The Hall–Kier alpha value is -4.46. The Kier molecular flexibility index (Phi) is 7.20. The molecule has 0 fully saturated rings. The Bertz CT molecular complexity index is 1220. The molecule has 0 aliphatic carbocycles. The van der Waals surface area contributed by atoms with Gasteiger partial charge in [-0.05, 0) is 32.0 Å². The highest BCUT2D eigenvalue weighted by Gasteiger charge is 2.18. The quantitative estimate of drug-likeness (QED) is 0.202. The topological polar surface area (TPSA) is 112 Å². The summed E-state index contributed by atoms with van der Waals surface area (Å²) >= 11 is 0. The molecule has 0 bridgehead atoms. The number of nitrogens with zero attached hydrogens (tertiary/aromatic N) is 3. The number of rotatable bonds is 8. The molecule has 3 aromatic carbocycles. The Labute approximate surface area is 191 Å². The first kappa shape index (κ1) is 23.2. The van der Waals surface area contributed by atoms with Gasteiger partial charge in [0.05, 0.1) is 12.1 Å². The Morgan fingerprint density at radius 2 is 1.58 bits per heavy atom. The highest BCUT2D eigenvalue weighted by Crippen LogP contribution is 2.37. The predicted molar refractivity (Wildman–Crippen MR) is 124 cm³/mol. The lowest BCUT2D eigenvalue weighted by Gasteiger charge is -2.22. The van der Waals surface area contributed by atoms with Gasteiger partial charge in [0.25, 0.3) is 0 Å². The van der Waals surface area contributed by atoms with Crippen LogP contribution in [0.2, 0.25) is 0 Å². The number of hydroxylamine groups is 1. The van der Waals surface area contributed by atoms with E-state index < -0.39 is 11.8 Å². The summed E-state index contributed by atoms with van der Waals surface area (Å²) in [7, 11) is 0. The van der Waals surface area contributed by atoms with E-state index in [0.29, 0.717) is 23.5 Å². The highest BCUT2D eigenvalue weighted by atomic mass is 16.7. The first-order chi connectivity index (χ1) is 15.8. The third-order valence-corrected chi connectivity index (χ3v) is 4.62. The Morgan fingerprint density at radius 1 is 0.939 bits per heavy atom. The maximum absolute atomic E-state index is 12.8. The minimum absolute atomic E-state index is 0.0103. The molecule has 0 atom stereocenters. The molecular weight excluding hydrogens is 422 g/mol. The standard InChI is InChI=1S/C25H23N3O5/c1-4-28(33-25(32)16(2)3)21-13-9-8-12-19(21)26-27-20-14-18(22(29)15-23(20)30)24(31)17-10-6-5-7-11-17/h5-15,29-30H,2,4H2,1,3H3. The van der Waals surface area contributed by atoms with Gasteiger partial charge in [0.15, 0.2) is 5.78 Å². The predicted octanol–water partition coefficient (Wildman–Crippen LogP) is 5.60. The molecule has 0 aromatic heterocycles. The second kappa shape index (κ2) is 10.2. The lowest BCUT2D eigenvalue weighted by molar-refractivity contribution is -0.140. The van der Waals surface area contributed by atoms with Crippen LogP contribution in [0.25, 0.3) is 0 Å². The molecule has 0 aliphatic rings. The number of hydrogen-bond donors (Lipinski definition) is 2. The molecule has 0 saturated carbocycles. The Morgan fingerprint density at radius 3 is 2.24 bits per heavy atom. The van der Waals surface area contributed by atoms with Crippen molar-refractivity contribution in [2.75, 3.05) is 11.6 Å². The van der Waals surface area contributed by atoms with Gasteiger partial charge in [-0.1, -0.05) is 49.0 Å². The smallest absolute Gasteiger partial charge is 0.358 e. The van der Waals surface area contributed by atoms with Crippen LogP contribution in [0.3, 0.4) is 0 Å². The SMILES string of the molecule is C=C(C)C(=O)ON(CC)c1ccccc1N=Nc1cc(C(=O)c2ccccc2)c(O)cc1O. The first-order valence-corrected chi connectivity index (χ1v) is 10.1. The number of carbonyl (C=O) groups excluding carboxylic acids is 2. The van der Waals surface area contributed by atoms with E-state index >= 15 is 0 Å². The van der Waals surface area contributed by atoms with Crippen LogP contribution in [-0.4, -0.2) is 28.5 Å². The summed E-state index contributed by atoms with van der Waals surface area (Å²) in [6.45, 7) is 7.26. The number of anilines is 1. The van der Waals surface area contributed by atoms with E-state index in [1.807, 2.05) is 0 Å². The van der Waals surface area contributed by atoms with E-state index in [4.69, 9.17) is 4.84 Å². The normalized spacial score (nSPS) is 10.7. The molecule has 33 heavy (non-hydrogen) atoms. The molecule has 3 aromatic rings. The largest absolute Gasteiger partial charge is 0.507 e. The fourth-order valence-corrected chi connectivity index (χ4v) is 2.90. The van der Waals surface area contributed by atoms with E-state index in [9.17, 15) is 19.8 Å². The summed E-state index contributed by atoms with van der Waals surface area (Å²) < 4.78 is 0. The summed E-state index contributed by atoms with van der Waals surface area (Å²) in [5.41, 5.74) is 1.42. The van der Waals surface area contributed by atoms with Crippen molar-refractivity contribution in [3.63, 3.8) is 0 Å². The van der Waals surface area contributed by atoms with E-state index in [2.05, 4.69) is 16.8 Å². The third-order valence-electron chi connectivity index (χ3n) is 4.62. The number of hydrogen-bond acceptors (Lipinski definition) is 8. The molecule has 8 nitrogen and oxygen atoms in total. The molecule has 2 N–H and O–H groups in total. The van der Waals surface area contributed by atoms with Crippen LogP contribution in [0.15, 0.2) is 89.1 Å². The van der Waals surface area contributed by atoms with Gasteiger partial charge in [-0.3, -0.25) is 4.79 Å². The van der Waals surface area contributed by atoms with Crippen LogP contribution < -0.4 is 5.06 Å². The lowest BCUT2D eigenvalue weighted by Crippen LogP contribution is -2.27. The van der Waals surface area contributed by atoms with Crippen molar-refractivity contribution in [3.05, 3.63) is 90.0 Å². The number of ketones is 1. The van der Waals surface area contributed by atoms with Gasteiger partial charge >= 0.3 is 5.97 Å². The fraction of sp³-hybridized carbons (Fsp3) is 0.120. The number of azo groups is 1. The maximum Gasteiger partial charge on any atom is 0.358 e. The van der Waals surface area contributed by atoms with Crippen molar-refractivity contribution in [3.8, 4) is 11.5 Å². The lowest BCUT2D eigenvalue weighted by atomic mass is 10.0. The summed E-state index contributed by atoms with van der Waals surface area (Å²) in [5.74, 6) is -1.72. The van der Waals surface area contributed by atoms with Gasteiger partial charge in [0.2, 0.25) is 0 Å². The third kappa shape index (κ3) is 5.43. The van der Waals surface area contributed by atoms with E-state index in [1.165, 1.54) is 11.1 Å². The number of phenolic OH excluding ortho intramolecular Hbond substituents is 2. The van der Waals surface area contributed by atoms with Crippen molar-refractivity contribution in [2.24, 2.45) is 10.2 Å². The molecule has 0 radical (unpaired) electrons. The maximum atomic E-state index is 12.8. The molecule has 0 amide bonds. The van der Waals surface area contributed by atoms with Crippen LogP contribution in [0.5, 0.6) is 11.5 Å². The Balaban J connectivity index is 1.95. The summed E-state index contributed by atoms with van der Waals surface area (Å²) in [6.07, 6.45) is 0. The van der Waals surface area contributed by atoms with E-state index in [1.54, 1.807) is 68.4 Å². The molecule has 0 unspecified atom stereocenters. The monoisotopic (exact) mass is 445 g/mol. The molecule has 8 heteroatoms. The highest BCUT2D eigenvalue weighted by molar-refractivity contribution is 6.11. The molecular formula is C25H23N3O5. The molecule has 168 valence electrons. The van der Waals surface area contributed by atoms with Gasteiger partial charge in [-0.25, -0.2) is 9.86 Å². The zero-order valence-corrected chi connectivity index (χ0v) is 18.2. The van der Waals surface area contributed by atoms with Gasteiger partial charge in [0.1, 0.15) is 28.6 Å². The summed E-state index contributed by atoms with van der Waals surface area (Å²) in [6, 6.07) is 17.6. The van der Waals surface area contributed by atoms with Gasteiger partial charge in [-0.15, -0.1) is 10.2 Å². The van der Waals surface area contributed by atoms with Crippen molar-refractivity contribution in [1.82, 2.24) is 0 Å². The van der Waals surface area contributed by atoms with Crippen molar-refractivity contribution in [2.45, 2.75) is 13.8 Å². The fourth-order valence-electron chi connectivity index (χ4n) is 2.90. The first-order valence-electron chi connectivity index (χ1n) is 10.1. The van der Waals surface area contributed by atoms with Crippen LogP contribution in [0.4, 0.5) is 17.1 Å². The number of phenols is 2. The zero-order chi connectivity index (χ0) is 24.0. The van der Waals surface area contributed by atoms with Gasteiger partial charge < -0.3 is 15.1 Å². The van der Waals surface area contributed by atoms with Gasteiger partial charge in [0, 0.05) is 17.2 Å². The number of para-hydroxylation sites is 1. The minimum atomic E-state index is -0.580.